The van der Waals surface area contributed by atoms with Gasteiger partial charge < -0.3 is 14.8 Å². The van der Waals surface area contributed by atoms with Crippen molar-refractivity contribution in [1.82, 2.24) is 0 Å². The first-order chi connectivity index (χ1) is 13.8. The zero-order chi connectivity index (χ0) is 21.1. The number of sulfone groups is 1. The van der Waals surface area contributed by atoms with Gasteiger partial charge in [0.05, 0.1) is 12.0 Å². The minimum absolute atomic E-state index is 0.303. The van der Waals surface area contributed by atoms with Crippen molar-refractivity contribution in [2.24, 2.45) is 0 Å². The lowest BCUT2D eigenvalue weighted by Crippen LogP contribution is -2.40. The number of rotatable bonds is 7. The van der Waals surface area contributed by atoms with Crippen LogP contribution in [0.4, 0.5) is 14.5 Å². The number of nitrogens with one attached hydrogen (secondary N) is 1. The van der Waals surface area contributed by atoms with Crippen molar-refractivity contribution < 1.29 is 26.7 Å². The molecule has 0 bridgehead atoms. The third-order valence-electron chi connectivity index (χ3n) is 5.23. The molecule has 1 N–H and O–H groups in total. The standard InChI is InChI=1S/C20H22ClF2NO4S/c1-27-18-7-2-14(21)12-17(18)20(8-10-28-11-9-20)13-24-15-3-5-16(6-4-15)29(25,26)19(22)23/h2-7,12,19,24H,8-11,13H2,1H3. The van der Waals surface area contributed by atoms with Crippen molar-refractivity contribution >= 4 is 27.1 Å². The second-order valence-electron chi connectivity index (χ2n) is 6.92. The Hall–Kier alpha value is -1.90. The van der Waals surface area contributed by atoms with Crippen molar-refractivity contribution in [2.75, 3.05) is 32.2 Å². The highest BCUT2D eigenvalue weighted by Crippen LogP contribution is 2.41. The first-order valence-corrected chi connectivity index (χ1v) is 11.0. The van der Waals surface area contributed by atoms with Crippen LogP contribution in [0.5, 0.6) is 5.75 Å². The van der Waals surface area contributed by atoms with E-state index >= 15 is 0 Å². The van der Waals surface area contributed by atoms with Crippen LogP contribution in [0.25, 0.3) is 0 Å². The summed E-state index contributed by atoms with van der Waals surface area (Å²) in [5.74, 6) is -2.71. The fourth-order valence-corrected chi connectivity index (χ4v) is 4.43. The van der Waals surface area contributed by atoms with Gasteiger partial charge >= 0.3 is 5.76 Å². The molecule has 0 aromatic heterocycles. The van der Waals surface area contributed by atoms with Crippen molar-refractivity contribution in [3.63, 3.8) is 0 Å². The van der Waals surface area contributed by atoms with Crippen LogP contribution in [-0.2, 0) is 20.0 Å². The van der Waals surface area contributed by atoms with E-state index in [0.717, 1.165) is 24.2 Å². The van der Waals surface area contributed by atoms with Crippen LogP contribution < -0.4 is 10.1 Å². The van der Waals surface area contributed by atoms with Crippen LogP contribution in [0, 0.1) is 0 Å². The zero-order valence-electron chi connectivity index (χ0n) is 15.8. The predicted molar refractivity (Wildman–Crippen MR) is 108 cm³/mol. The summed E-state index contributed by atoms with van der Waals surface area (Å²) >= 11 is 6.23. The molecule has 1 aliphatic heterocycles. The molecule has 0 radical (unpaired) electrons. The Bertz CT molecular complexity index is 945. The Morgan fingerprint density at radius 3 is 2.41 bits per heavy atom. The Morgan fingerprint density at radius 2 is 1.83 bits per heavy atom. The topological polar surface area (TPSA) is 64.6 Å². The van der Waals surface area contributed by atoms with Gasteiger partial charge in [-0.25, -0.2) is 8.42 Å². The van der Waals surface area contributed by atoms with Gasteiger partial charge in [-0.3, -0.25) is 0 Å². The lowest BCUT2D eigenvalue weighted by atomic mass is 9.73. The van der Waals surface area contributed by atoms with Crippen molar-refractivity contribution in [2.45, 2.75) is 28.9 Å². The highest BCUT2D eigenvalue weighted by Gasteiger charge is 2.37. The summed E-state index contributed by atoms with van der Waals surface area (Å²) in [5.41, 5.74) is 1.30. The van der Waals surface area contributed by atoms with Crippen LogP contribution >= 0.6 is 11.6 Å². The van der Waals surface area contributed by atoms with Gasteiger partial charge in [0.15, 0.2) is 0 Å². The van der Waals surface area contributed by atoms with Crippen molar-refractivity contribution in [3.05, 3.63) is 53.1 Å². The summed E-state index contributed by atoms with van der Waals surface area (Å²) in [6, 6.07) is 10.8. The molecule has 0 saturated carbocycles. The molecule has 0 amide bonds. The molecule has 9 heteroatoms. The van der Waals surface area contributed by atoms with Gasteiger partial charge in [0.2, 0.25) is 9.84 Å². The van der Waals surface area contributed by atoms with Crippen LogP contribution in [0.2, 0.25) is 5.02 Å². The Morgan fingerprint density at radius 1 is 1.17 bits per heavy atom. The Labute approximate surface area is 173 Å². The van der Waals surface area contributed by atoms with Gasteiger partial charge in [0, 0.05) is 41.4 Å². The molecular weight excluding hydrogens is 424 g/mol. The van der Waals surface area contributed by atoms with Gasteiger partial charge in [-0.2, -0.15) is 8.78 Å². The maximum absolute atomic E-state index is 12.7. The predicted octanol–water partition coefficient (Wildman–Crippen LogP) is 4.51. The zero-order valence-corrected chi connectivity index (χ0v) is 17.4. The van der Waals surface area contributed by atoms with E-state index in [1.165, 1.54) is 24.3 Å². The van der Waals surface area contributed by atoms with E-state index in [2.05, 4.69) is 5.32 Å². The summed E-state index contributed by atoms with van der Waals surface area (Å²) in [6.45, 7) is 1.69. The van der Waals surface area contributed by atoms with Crippen LogP contribution in [0.3, 0.4) is 0 Å². The van der Waals surface area contributed by atoms with Crippen LogP contribution in [-0.4, -0.2) is 41.0 Å². The Kier molecular flexibility index (Phi) is 6.65. The molecule has 29 heavy (non-hydrogen) atoms. The summed E-state index contributed by atoms with van der Waals surface area (Å²) < 4.78 is 59.6. The number of methoxy groups -OCH3 is 1. The maximum atomic E-state index is 12.7. The van der Waals surface area contributed by atoms with E-state index in [9.17, 15) is 17.2 Å². The lowest BCUT2D eigenvalue weighted by Gasteiger charge is -2.39. The maximum Gasteiger partial charge on any atom is 0.341 e. The summed E-state index contributed by atoms with van der Waals surface area (Å²) in [6.07, 6.45) is 1.49. The second-order valence-corrected chi connectivity index (χ2v) is 9.28. The average Bonchev–Trinajstić information content (AvgIpc) is 2.73. The van der Waals surface area contributed by atoms with Crippen molar-refractivity contribution in [3.8, 4) is 5.75 Å². The normalized spacial score (nSPS) is 16.6. The van der Waals surface area contributed by atoms with Crippen LogP contribution in [0.15, 0.2) is 47.4 Å². The van der Waals surface area contributed by atoms with E-state index in [4.69, 9.17) is 21.1 Å². The molecule has 2 aromatic rings. The molecule has 0 unspecified atom stereocenters. The smallest absolute Gasteiger partial charge is 0.341 e. The summed E-state index contributed by atoms with van der Waals surface area (Å²) in [5, 5.41) is 3.90. The van der Waals surface area contributed by atoms with Gasteiger partial charge in [-0.1, -0.05) is 11.6 Å². The SMILES string of the molecule is COc1ccc(Cl)cc1C1(CNc2ccc(S(=O)(=O)C(F)F)cc2)CCOCC1. The number of hydrogen-bond donors (Lipinski definition) is 1. The van der Waals surface area contributed by atoms with Gasteiger partial charge in [0.25, 0.3) is 0 Å². The molecule has 0 spiro atoms. The number of anilines is 1. The molecule has 0 atom stereocenters. The van der Waals surface area contributed by atoms with E-state index in [1.54, 1.807) is 13.2 Å². The van der Waals surface area contributed by atoms with Crippen molar-refractivity contribution in [1.29, 1.82) is 0 Å². The largest absolute Gasteiger partial charge is 0.496 e. The lowest BCUT2D eigenvalue weighted by molar-refractivity contribution is 0.0536. The first kappa shape index (κ1) is 21.8. The third-order valence-corrected chi connectivity index (χ3v) is 6.86. The quantitative estimate of drug-likeness (QED) is 0.679. The minimum atomic E-state index is -4.61. The Balaban J connectivity index is 1.85. The summed E-state index contributed by atoms with van der Waals surface area (Å²) in [7, 11) is -3.00. The molecule has 1 heterocycles. The molecule has 3 rings (SSSR count). The number of hydrogen-bond acceptors (Lipinski definition) is 5. The molecule has 1 saturated heterocycles. The first-order valence-electron chi connectivity index (χ1n) is 9.06. The molecule has 158 valence electrons. The van der Waals surface area contributed by atoms with Crippen LogP contribution in [0.1, 0.15) is 18.4 Å². The minimum Gasteiger partial charge on any atom is -0.496 e. The monoisotopic (exact) mass is 445 g/mol. The fourth-order valence-electron chi connectivity index (χ4n) is 3.53. The number of ether oxygens (including phenoxy) is 2. The van der Waals surface area contributed by atoms with E-state index in [-0.39, 0.29) is 5.41 Å². The number of halogens is 3. The molecular formula is C20H22ClF2NO4S. The molecule has 1 aliphatic rings. The summed E-state index contributed by atoms with van der Waals surface area (Å²) in [4.78, 5) is -0.407. The highest BCUT2D eigenvalue weighted by atomic mass is 35.5. The molecule has 2 aromatic carbocycles. The van der Waals surface area contributed by atoms with E-state index < -0.39 is 20.5 Å². The number of alkyl halides is 2. The molecule has 5 nitrogen and oxygen atoms in total. The second kappa shape index (κ2) is 8.85. The molecule has 1 fully saturated rings. The van der Waals surface area contributed by atoms with E-state index in [1.807, 2.05) is 12.1 Å². The number of benzene rings is 2. The third kappa shape index (κ3) is 4.65. The average molecular weight is 446 g/mol. The fraction of sp³-hybridized carbons (Fsp3) is 0.400. The van der Waals surface area contributed by atoms with Gasteiger partial charge in [0.1, 0.15) is 5.75 Å². The van der Waals surface area contributed by atoms with Gasteiger partial charge in [-0.05, 0) is 55.3 Å². The van der Waals surface area contributed by atoms with Gasteiger partial charge in [-0.15, -0.1) is 0 Å². The highest BCUT2D eigenvalue weighted by molar-refractivity contribution is 7.91. The molecule has 0 aliphatic carbocycles. The van der Waals surface area contributed by atoms with E-state index in [0.29, 0.717) is 30.5 Å².